The molecule has 1 saturated heterocycles. The molecular formula is C23H19ClN4O2S. The zero-order valence-corrected chi connectivity index (χ0v) is 18.1. The van der Waals surface area contributed by atoms with Gasteiger partial charge in [0.1, 0.15) is 0 Å². The van der Waals surface area contributed by atoms with Crippen LogP contribution >= 0.6 is 23.4 Å². The van der Waals surface area contributed by atoms with Gasteiger partial charge in [0.05, 0.1) is 12.0 Å². The number of carbonyl (C=O) groups excluding carboxylic acids is 1. The monoisotopic (exact) mass is 450 g/mol. The first-order chi connectivity index (χ1) is 15.2. The van der Waals surface area contributed by atoms with Gasteiger partial charge in [-0.2, -0.15) is 0 Å². The van der Waals surface area contributed by atoms with Gasteiger partial charge in [-0.3, -0.25) is 9.36 Å². The zero-order chi connectivity index (χ0) is 21.2. The van der Waals surface area contributed by atoms with Crippen LogP contribution in [0.15, 0.2) is 82.6 Å². The molecule has 1 amide bonds. The summed E-state index contributed by atoms with van der Waals surface area (Å²) < 4.78 is 7.45. The summed E-state index contributed by atoms with van der Waals surface area (Å²) in [7, 11) is 0. The van der Waals surface area contributed by atoms with Crippen LogP contribution in [0.4, 0.5) is 0 Å². The van der Waals surface area contributed by atoms with Crippen molar-refractivity contribution in [1.29, 1.82) is 0 Å². The summed E-state index contributed by atoms with van der Waals surface area (Å²) in [6.45, 7) is 1.45. The topological polar surface area (TPSA) is 64.2 Å². The van der Waals surface area contributed by atoms with Gasteiger partial charge in [-0.1, -0.05) is 53.7 Å². The maximum atomic E-state index is 12.7. The number of amides is 1. The summed E-state index contributed by atoms with van der Waals surface area (Å²) in [5.41, 5.74) is 2.13. The van der Waals surface area contributed by atoms with Crippen molar-refractivity contribution in [3.8, 4) is 17.3 Å². The second-order valence-corrected chi connectivity index (χ2v) is 8.67. The maximum Gasteiger partial charge on any atom is 0.233 e. The minimum Gasteiger partial charge on any atom is -0.461 e. The van der Waals surface area contributed by atoms with Gasteiger partial charge >= 0.3 is 0 Å². The molecule has 5 rings (SSSR count). The lowest BCUT2D eigenvalue weighted by Crippen LogP contribution is -2.49. The molecule has 8 heteroatoms. The third-order valence-corrected chi connectivity index (χ3v) is 6.46. The minimum atomic E-state index is 0.0948. The standard InChI is InChI=1S/C23H19ClN4O2S/c24-18-10-8-16(9-11-18)17-13-27(14-17)21(29)15-31-23-26-25-22(20-7-4-12-30-20)28(23)19-5-2-1-3-6-19/h1-12,17H,13-15H2. The molecule has 0 saturated carbocycles. The van der Waals surface area contributed by atoms with Crippen molar-refractivity contribution in [2.75, 3.05) is 18.8 Å². The van der Waals surface area contributed by atoms with Crippen LogP contribution in [0.25, 0.3) is 17.3 Å². The molecule has 2 aromatic carbocycles. The zero-order valence-electron chi connectivity index (χ0n) is 16.5. The Kier molecular flexibility index (Phi) is 5.53. The first-order valence-corrected chi connectivity index (χ1v) is 11.3. The molecule has 156 valence electrons. The first-order valence-electron chi connectivity index (χ1n) is 9.90. The van der Waals surface area contributed by atoms with Crippen LogP contribution in [-0.2, 0) is 4.79 Å². The lowest BCUT2D eigenvalue weighted by molar-refractivity contribution is -0.132. The molecule has 4 aromatic rings. The summed E-state index contributed by atoms with van der Waals surface area (Å²) in [4.78, 5) is 14.6. The van der Waals surface area contributed by atoms with Gasteiger partial charge in [0.15, 0.2) is 10.9 Å². The van der Waals surface area contributed by atoms with E-state index < -0.39 is 0 Å². The molecule has 0 unspecified atom stereocenters. The van der Waals surface area contributed by atoms with Crippen LogP contribution in [-0.4, -0.2) is 44.4 Å². The Morgan fingerprint density at radius 1 is 1.03 bits per heavy atom. The van der Waals surface area contributed by atoms with Gasteiger partial charge < -0.3 is 9.32 Å². The van der Waals surface area contributed by atoms with E-state index in [1.807, 2.05) is 76.2 Å². The fourth-order valence-electron chi connectivity index (χ4n) is 3.58. The third kappa shape index (κ3) is 4.11. The predicted molar refractivity (Wildman–Crippen MR) is 121 cm³/mol. The van der Waals surface area contributed by atoms with Crippen molar-refractivity contribution in [3.05, 3.63) is 83.6 Å². The summed E-state index contributed by atoms with van der Waals surface area (Å²) >= 11 is 7.35. The lowest BCUT2D eigenvalue weighted by Gasteiger charge is -2.39. The van der Waals surface area contributed by atoms with Crippen molar-refractivity contribution < 1.29 is 9.21 Å². The number of carbonyl (C=O) groups is 1. The number of para-hydroxylation sites is 1. The summed E-state index contributed by atoms with van der Waals surface area (Å²) in [6.07, 6.45) is 1.61. The first kappa shape index (κ1) is 19.9. The predicted octanol–water partition coefficient (Wildman–Crippen LogP) is 4.90. The van der Waals surface area contributed by atoms with Crippen LogP contribution in [0.2, 0.25) is 5.02 Å². The van der Waals surface area contributed by atoms with E-state index in [1.54, 1.807) is 6.26 Å². The number of rotatable bonds is 6. The lowest BCUT2D eigenvalue weighted by atomic mass is 9.91. The van der Waals surface area contributed by atoms with E-state index in [2.05, 4.69) is 10.2 Å². The maximum absolute atomic E-state index is 12.7. The number of likely N-dealkylation sites (tertiary alicyclic amines) is 1. The number of furan rings is 1. The number of hydrogen-bond acceptors (Lipinski definition) is 5. The van der Waals surface area contributed by atoms with Crippen molar-refractivity contribution in [1.82, 2.24) is 19.7 Å². The SMILES string of the molecule is O=C(CSc1nnc(-c2ccco2)n1-c1ccccc1)N1CC(c2ccc(Cl)cc2)C1. The van der Waals surface area contributed by atoms with Gasteiger partial charge in [-0.05, 0) is 42.0 Å². The highest BCUT2D eigenvalue weighted by atomic mass is 35.5. The second-order valence-electron chi connectivity index (χ2n) is 7.29. The number of halogens is 1. The van der Waals surface area contributed by atoms with Crippen LogP contribution in [0, 0.1) is 0 Å². The second kappa shape index (κ2) is 8.61. The molecule has 1 aliphatic rings. The number of thioether (sulfide) groups is 1. The fourth-order valence-corrected chi connectivity index (χ4v) is 4.56. The highest BCUT2D eigenvalue weighted by Gasteiger charge is 2.32. The molecule has 6 nitrogen and oxygen atoms in total. The Labute approximate surface area is 188 Å². The van der Waals surface area contributed by atoms with E-state index >= 15 is 0 Å². The van der Waals surface area contributed by atoms with Crippen LogP contribution in [0.3, 0.4) is 0 Å². The van der Waals surface area contributed by atoms with E-state index in [1.165, 1.54) is 17.3 Å². The number of hydrogen-bond donors (Lipinski definition) is 0. The smallest absolute Gasteiger partial charge is 0.233 e. The van der Waals surface area contributed by atoms with Gasteiger partial charge in [0, 0.05) is 29.7 Å². The summed E-state index contributed by atoms with van der Waals surface area (Å²) in [5, 5.41) is 10.0. The molecule has 0 bridgehead atoms. The molecule has 31 heavy (non-hydrogen) atoms. The average Bonchev–Trinajstić information content (AvgIpc) is 3.43. The molecular weight excluding hydrogens is 432 g/mol. The molecule has 3 heterocycles. The van der Waals surface area contributed by atoms with Gasteiger partial charge in [-0.15, -0.1) is 10.2 Å². The molecule has 0 aliphatic carbocycles. The normalized spacial score (nSPS) is 13.9. The van der Waals surface area contributed by atoms with Gasteiger partial charge in [0.2, 0.25) is 11.7 Å². The van der Waals surface area contributed by atoms with Crippen molar-refractivity contribution in [2.45, 2.75) is 11.1 Å². The minimum absolute atomic E-state index is 0.0948. The Balaban J connectivity index is 1.28. The van der Waals surface area contributed by atoms with Gasteiger partial charge in [0.25, 0.3) is 0 Å². The van der Waals surface area contributed by atoms with Crippen molar-refractivity contribution in [3.63, 3.8) is 0 Å². The Morgan fingerprint density at radius 3 is 2.52 bits per heavy atom. The molecule has 0 spiro atoms. The Morgan fingerprint density at radius 2 is 1.81 bits per heavy atom. The van der Waals surface area contributed by atoms with E-state index in [-0.39, 0.29) is 5.91 Å². The van der Waals surface area contributed by atoms with Crippen molar-refractivity contribution in [2.24, 2.45) is 0 Å². The molecule has 0 radical (unpaired) electrons. The largest absolute Gasteiger partial charge is 0.461 e. The Hall–Kier alpha value is -3.03. The average molecular weight is 451 g/mol. The molecule has 1 aliphatic heterocycles. The highest BCUT2D eigenvalue weighted by Crippen LogP contribution is 2.31. The van der Waals surface area contributed by atoms with Crippen LogP contribution < -0.4 is 0 Å². The third-order valence-electron chi connectivity index (χ3n) is 5.29. The number of aromatic nitrogens is 3. The van der Waals surface area contributed by atoms with Crippen LogP contribution in [0.1, 0.15) is 11.5 Å². The summed E-state index contributed by atoms with van der Waals surface area (Å²) in [6, 6.07) is 21.3. The highest BCUT2D eigenvalue weighted by molar-refractivity contribution is 7.99. The van der Waals surface area contributed by atoms with Crippen molar-refractivity contribution >= 4 is 29.3 Å². The number of nitrogens with zero attached hydrogens (tertiary/aromatic N) is 4. The molecule has 2 aromatic heterocycles. The van der Waals surface area contributed by atoms with E-state index in [9.17, 15) is 4.79 Å². The summed E-state index contributed by atoms with van der Waals surface area (Å²) in [5.74, 6) is 2.00. The molecule has 0 N–H and O–H groups in total. The quantitative estimate of drug-likeness (QED) is 0.391. The molecule has 1 fully saturated rings. The van der Waals surface area contributed by atoms with E-state index in [4.69, 9.17) is 16.0 Å². The van der Waals surface area contributed by atoms with E-state index in [0.29, 0.717) is 28.4 Å². The van der Waals surface area contributed by atoms with Gasteiger partial charge in [-0.25, -0.2) is 0 Å². The van der Waals surface area contributed by atoms with E-state index in [0.717, 1.165) is 23.8 Å². The number of benzene rings is 2. The fraction of sp³-hybridized carbons (Fsp3) is 0.174. The molecule has 0 atom stereocenters. The van der Waals surface area contributed by atoms with Crippen LogP contribution in [0.5, 0.6) is 0 Å². The Bertz CT molecular complexity index is 1170.